The molecule has 140 valence electrons. The smallest absolute Gasteiger partial charge is 0.386 e. The van der Waals surface area contributed by atoms with Crippen LogP contribution < -0.4 is 10.6 Å². The van der Waals surface area contributed by atoms with Crippen LogP contribution in [0.4, 0.5) is 13.2 Å². The number of halogens is 3. The highest BCUT2D eigenvalue weighted by molar-refractivity contribution is 5.80. The van der Waals surface area contributed by atoms with E-state index in [-0.39, 0.29) is 25.4 Å². The maximum atomic E-state index is 12.9. The molecule has 1 aliphatic carbocycles. The second kappa shape index (κ2) is 9.03. The van der Waals surface area contributed by atoms with Crippen molar-refractivity contribution in [1.29, 1.82) is 0 Å². The number of aromatic nitrogens is 1. The van der Waals surface area contributed by atoms with E-state index in [1.165, 1.54) is 0 Å². The van der Waals surface area contributed by atoms with E-state index in [2.05, 4.69) is 20.6 Å². The van der Waals surface area contributed by atoms with Gasteiger partial charge >= 0.3 is 6.18 Å². The van der Waals surface area contributed by atoms with Crippen LogP contribution in [0.2, 0.25) is 0 Å². The fraction of sp³-hybridized carbons (Fsp3) is 0.647. The van der Waals surface area contributed by atoms with E-state index >= 15 is 0 Å². The lowest BCUT2D eigenvalue weighted by atomic mass is 9.85. The molecule has 25 heavy (non-hydrogen) atoms. The molecule has 2 rings (SSSR count). The summed E-state index contributed by atoms with van der Waals surface area (Å²) in [5.41, 5.74) is 0.699. The summed E-state index contributed by atoms with van der Waals surface area (Å²) in [5.74, 6) is -0.826. The van der Waals surface area contributed by atoms with Gasteiger partial charge in [-0.05, 0) is 43.9 Å². The molecule has 1 fully saturated rings. The van der Waals surface area contributed by atoms with Gasteiger partial charge in [-0.1, -0.05) is 6.42 Å². The lowest BCUT2D eigenvalue weighted by molar-refractivity contribution is -0.183. The SMILES string of the molecule is CCNC(=NCC(O)c1ccncc1)NC1CCCC(C(F)(F)F)C1. The summed E-state index contributed by atoms with van der Waals surface area (Å²) in [4.78, 5) is 8.21. The molecule has 0 amide bonds. The molecule has 0 spiro atoms. The molecule has 3 atom stereocenters. The summed E-state index contributed by atoms with van der Waals surface area (Å²) in [5, 5.41) is 16.3. The van der Waals surface area contributed by atoms with Crippen molar-refractivity contribution >= 4 is 5.96 Å². The van der Waals surface area contributed by atoms with E-state index in [0.29, 0.717) is 30.9 Å². The minimum absolute atomic E-state index is 0.0564. The number of aliphatic hydroxyl groups excluding tert-OH is 1. The maximum Gasteiger partial charge on any atom is 0.391 e. The highest BCUT2D eigenvalue weighted by atomic mass is 19.4. The van der Waals surface area contributed by atoms with E-state index in [9.17, 15) is 18.3 Å². The molecule has 3 N–H and O–H groups in total. The van der Waals surface area contributed by atoms with Crippen molar-refractivity contribution < 1.29 is 18.3 Å². The van der Waals surface area contributed by atoms with Crippen molar-refractivity contribution in [3.05, 3.63) is 30.1 Å². The second-order valence-electron chi connectivity index (χ2n) is 6.26. The Hall–Kier alpha value is -1.83. The van der Waals surface area contributed by atoms with Crippen molar-refractivity contribution in [3.8, 4) is 0 Å². The summed E-state index contributed by atoms with van der Waals surface area (Å²) >= 11 is 0. The van der Waals surface area contributed by atoms with Gasteiger partial charge in [0.05, 0.1) is 18.6 Å². The molecule has 5 nitrogen and oxygen atoms in total. The van der Waals surface area contributed by atoms with Gasteiger partial charge in [0, 0.05) is 25.0 Å². The maximum absolute atomic E-state index is 12.9. The van der Waals surface area contributed by atoms with Crippen molar-refractivity contribution in [3.63, 3.8) is 0 Å². The van der Waals surface area contributed by atoms with E-state index in [0.717, 1.165) is 0 Å². The fourth-order valence-corrected chi connectivity index (χ4v) is 3.00. The molecule has 1 heterocycles. The number of nitrogens with one attached hydrogen (secondary N) is 2. The minimum atomic E-state index is -4.15. The van der Waals surface area contributed by atoms with Gasteiger partial charge in [-0.2, -0.15) is 13.2 Å². The van der Waals surface area contributed by atoms with Crippen LogP contribution in [0.1, 0.15) is 44.3 Å². The predicted octanol–water partition coefficient (Wildman–Crippen LogP) is 2.79. The molecule has 1 saturated carbocycles. The molecule has 0 saturated heterocycles. The number of hydrogen-bond acceptors (Lipinski definition) is 3. The van der Waals surface area contributed by atoms with Crippen molar-refractivity contribution in [2.45, 2.75) is 50.9 Å². The van der Waals surface area contributed by atoms with Gasteiger partial charge in [-0.25, -0.2) is 0 Å². The van der Waals surface area contributed by atoms with Gasteiger partial charge in [0.2, 0.25) is 0 Å². The number of guanidine groups is 1. The van der Waals surface area contributed by atoms with Gasteiger partial charge in [0.25, 0.3) is 0 Å². The van der Waals surface area contributed by atoms with Gasteiger partial charge in [0.15, 0.2) is 5.96 Å². The normalized spacial score (nSPS) is 23.2. The average Bonchev–Trinajstić information content (AvgIpc) is 2.60. The Morgan fingerprint density at radius 1 is 1.36 bits per heavy atom. The Labute approximate surface area is 145 Å². The standard InChI is InChI=1S/C17H25F3N4O/c1-2-22-16(23-11-15(25)12-6-8-21-9-7-12)24-14-5-3-4-13(10-14)17(18,19)20/h6-9,13-15,25H,2-5,10-11H2,1H3,(H2,22,23,24). The lowest BCUT2D eigenvalue weighted by Gasteiger charge is -2.32. The molecule has 1 aromatic rings. The van der Waals surface area contributed by atoms with Crippen LogP contribution >= 0.6 is 0 Å². The van der Waals surface area contributed by atoms with Gasteiger partial charge < -0.3 is 15.7 Å². The summed E-state index contributed by atoms with van der Waals surface area (Å²) < 4.78 is 38.8. The van der Waals surface area contributed by atoms with Crippen molar-refractivity contribution in [1.82, 2.24) is 15.6 Å². The first-order valence-electron chi connectivity index (χ1n) is 8.59. The van der Waals surface area contributed by atoms with Crippen LogP contribution in [-0.4, -0.2) is 41.4 Å². The summed E-state index contributed by atoms with van der Waals surface area (Å²) in [6.07, 6.45) is -0.279. The van der Waals surface area contributed by atoms with E-state index in [4.69, 9.17) is 0 Å². The Bertz CT molecular complexity index is 551. The third-order valence-corrected chi connectivity index (χ3v) is 4.34. The molecule has 1 aliphatic rings. The van der Waals surface area contributed by atoms with Crippen molar-refractivity contribution in [2.75, 3.05) is 13.1 Å². The first-order chi connectivity index (χ1) is 11.9. The van der Waals surface area contributed by atoms with Gasteiger partial charge in [0.1, 0.15) is 0 Å². The van der Waals surface area contributed by atoms with Crippen LogP contribution in [0.15, 0.2) is 29.5 Å². The number of pyridine rings is 1. The van der Waals surface area contributed by atoms with Gasteiger partial charge in [-0.3, -0.25) is 9.98 Å². The monoisotopic (exact) mass is 358 g/mol. The number of nitrogens with zero attached hydrogens (tertiary/aromatic N) is 2. The Kier molecular flexibility index (Phi) is 7.04. The number of rotatable bonds is 5. The molecule has 0 bridgehead atoms. The second-order valence-corrected chi connectivity index (χ2v) is 6.26. The topological polar surface area (TPSA) is 69.5 Å². The summed E-state index contributed by atoms with van der Waals surface area (Å²) in [7, 11) is 0. The Morgan fingerprint density at radius 3 is 2.72 bits per heavy atom. The Morgan fingerprint density at radius 2 is 2.08 bits per heavy atom. The zero-order valence-electron chi connectivity index (χ0n) is 14.3. The van der Waals surface area contributed by atoms with Crippen molar-refractivity contribution in [2.24, 2.45) is 10.9 Å². The lowest BCUT2D eigenvalue weighted by Crippen LogP contribution is -2.47. The quantitative estimate of drug-likeness (QED) is 0.559. The average molecular weight is 358 g/mol. The molecular weight excluding hydrogens is 333 g/mol. The number of aliphatic hydroxyl groups is 1. The number of alkyl halides is 3. The molecular formula is C17H25F3N4O. The first-order valence-corrected chi connectivity index (χ1v) is 8.59. The van der Waals surface area contributed by atoms with Crippen LogP contribution in [0, 0.1) is 5.92 Å². The molecule has 8 heteroatoms. The highest BCUT2D eigenvalue weighted by Gasteiger charge is 2.42. The fourth-order valence-electron chi connectivity index (χ4n) is 3.00. The summed E-state index contributed by atoms with van der Waals surface area (Å²) in [6, 6.07) is 3.14. The predicted molar refractivity (Wildman–Crippen MR) is 90.1 cm³/mol. The molecule has 0 radical (unpaired) electrons. The Balaban J connectivity index is 1.95. The number of hydrogen-bond donors (Lipinski definition) is 3. The zero-order chi connectivity index (χ0) is 18.3. The first kappa shape index (κ1) is 19.5. The van der Waals surface area contributed by atoms with E-state index in [1.807, 2.05) is 6.92 Å². The molecule has 3 unspecified atom stereocenters. The van der Waals surface area contributed by atoms with E-state index in [1.54, 1.807) is 24.5 Å². The largest absolute Gasteiger partial charge is 0.391 e. The molecule has 0 aliphatic heterocycles. The highest BCUT2D eigenvalue weighted by Crippen LogP contribution is 2.37. The zero-order valence-corrected chi connectivity index (χ0v) is 14.3. The van der Waals surface area contributed by atoms with Crippen LogP contribution in [0.3, 0.4) is 0 Å². The third kappa shape index (κ3) is 6.19. The molecule has 1 aromatic heterocycles. The minimum Gasteiger partial charge on any atom is -0.386 e. The third-order valence-electron chi connectivity index (χ3n) is 4.34. The van der Waals surface area contributed by atoms with Crippen LogP contribution in [0.5, 0.6) is 0 Å². The summed E-state index contributed by atoms with van der Waals surface area (Å²) in [6.45, 7) is 2.59. The van der Waals surface area contributed by atoms with E-state index < -0.39 is 18.2 Å². The van der Waals surface area contributed by atoms with Crippen LogP contribution in [-0.2, 0) is 0 Å². The molecule has 0 aromatic carbocycles. The number of aliphatic imine (C=N–C) groups is 1. The van der Waals surface area contributed by atoms with Gasteiger partial charge in [-0.15, -0.1) is 0 Å². The van der Waals surface area contributed by atoms with Crippen LogP contribution in [0.25, 0.3) is 0 Å².